The van der Waals surface area contributed by atoms with E-state index in [-0.39, 0.29) is 5.82 Å². The fraction of sp³-hybridized carbons (Fsp3) is 0.500. The van der Waals surface area contributed by atoms with E-state index in [9.17, 15) is 4.39 Å². The average molecular weight is 336 g/mol. The summed E-state index contributed by atoms with van der Waals surface area (Å²) >= 11 is 6.87. The molecule has 0 bridgehead atoms. The molecule has 1 aromatic carbocycles. The van der Waals surface area contributed by atoms with E-state index in [1.54, 1.807) is 6.07 Å². The van der Waals surface area contributed by atoms with E-state index < -0.39 is 0 Å². The fourth-order valence-corrected chi connectivity index (χ4v) is 3.42. The molecule has 0 spiro atoms. The molecule has 1 fully saturated rings. The molecular weight excluding hydrogens is 323 g/mol. The Kier molecular flexibility index (Phi) is 3.83. The zero-order chi connectivity index (χ0) is 10.8. The molecule has 1 aromatic rings. The zero-order valence-corrected chi connectivity index (χ0v) is 11.5. The molecule has 82 valence electrons. The minimum atomic E-state index is -0.177. The van der Waals surface area contributed by atoms with Gasteiger partial charge in [0.25, 0.3) is 0 Å². The maximum absolute atomic E-state index is 13.0. The van der Waals surface area contributed by atoms with Crippen LogP contribution in [0.1, 0.15) is 24.8 Å². The Balaban J connectivity index is 2.02. The van der Waals surface area contributed by atoms with Gasteiger partial charge in [0.05, 0.1) is 4.47 Å². The second kappa shape index (κ2) is 4.96. The number of halogens is 3. The highest BCUT2D eigenvalue weighted by atomic mass is 79.9. The standard InChI is InChI=1S/C12H13Br2F/c13-10-3-1-8(6-10)5-9-2-4-12(15)11(14)7-9/h2,4,7-8,10H,1,3,5-6H2. The lowest BCUT2D eigenvalue weighted by Gasteiger charge is -2.09. The summed E-state index contributed by atoms with van der Waals surface area (Å²) in [5, 5.41) is 0. The second-order valence-electron chi connectivity index (χ2n) is 4.23. The predicted molar refractivity (Wildman–Crippen MR) is 67.9 cm³/mol. The smallest absolute Gasteiger partial charge is 0.137 e. The van der Waals surface area contributed by atoms with Crippen molar-refractivity contribution in [2.45, 2.75) is 30.5 Å². The van der Waals surface area contributed by atoms with Crippen LogP contribution < -0.4 is 0 Å². The highest BCUT2D eigenvalue weighted by Crippen LogP contribution is 2.33. The highest BCUT2D eigenvalue weighted by Gasteiger charge is 2.22. The van der Waals surface area contributed by atoms with Crippen LogP contribution in [0.15, 0.2) is 22.7 Å². The van der Waals surface area contributed by atoms with E-state index in [0.29, 0.717) is 9.30 Å². The minimum absolute atomic E-state index is 0.177. The third-order valence-corrected chi connectivity index (χ3v) is 4.42. The van der Waals surface area contributed by atoms with Crippen LogP contribution in [-0.4, -0.2) is 4.83 Å². The van der Waals surface area contributed by atoms with Crippen LogP contribution in [0.25, 0.3) is 0 Å². The van der Waals surface area contributed by atoms with Crippen LogP contribution in [0.2, 0.25) is 0 Å². The molecule has 1 aliphatic rings. The quantitative estimate of drug-likeness (QED) is 0.687. The first-order chi connectivity index (χ1) is 7.15. The van der Waals surface area contributed by atoms with Gasteiger partial charge in [-0.05, 0) is 65.2 Å². The lowest BCUT2D eigenvalue weighted by atomic mass is 9.98. The topological polar surface area (TPSA) is 0 Å². The van der Waals surface area contributed by atoms with Crippen LogP contribution in [0.3, 0.4) is 0 Å². The third-order valence-electron chi connectivity index (χ3n) is 2.99. The van der Waals surface area contributed by atoms with Crippen molar-refractivity contribution in [1.82, 2.24) is 0 Å². The second-order valence-corrected chi connectivity index (χ2v) is 6.38. The van der Waals surface area contributed by atoms with E-state index in [0.717, 1.165) is 12.3 Å². The molecule has 2 rings (SSSR count). The van der Waals surface area contributed by atoms with Gasteiger partial charge in [-0.3, -0.25) is 0 Å². The van der Waals surface area contributed by atoms with E-state index >= 15 is 0 Å². The molecule has 1 aliphatic carbocycles. The van der Waals surface area contributed by atoms with Crippen LogP contribution >= 0.6 is 31.9 Å². The van der Waals surface area contributed by atoms with Crippen molar-refractivity contribution in [2.24, 2.45) is 5.92 Å². The summed E-state index contributed by atoms with van der Waals surface area (Å²) in [6, 6.07) is 5.33. The molecule has 0 aromatic heterocycles. The summed E-state index contributed by atoms with van der Waals surface area (Å²) in [6.07, 6.45) is 4.87. The minimum Gasteiger partial charge on any atom is -0.206 e. The molecule has 2 unspecified atom stereocenters. The maximum atomic E-state index is 13.0. The lowest BCUT2D eigenvalue weighted by Crippen LogP contribution is -2.00. The van der Waals surface area contributed by atoms with Gasteiger partial charge in [-0.15, -0.1) is 0 Å². The zero-order valence-electron chi connectivity index (χ0n) is 8.35. The number of alkyl halides is 1. The molecule has 0 N–H and O–H groups in total. The largest absolute Gasteiger partial charge is 0.206 e. The van der Waals surface area contributed by atoms with Crippen LogP contribution in [0.5, 0.6) is 0 Å². The van der Waals surface area contributed by atoms with Crippen molar-refractivity contribution >= 4 is 31.9 Å². The molecular formula is C12H13Br2F. The normalized spacial score (nSPS) is 25.8. The Morgan fingerprint density at radius 3 is 2.73 bits per heavy atom. The fourth-order valence-electron chi connectivity index (χ4n) is 2.20. The molecule has 0 heterocycles. The van der Waals surface area contributed by atoms with Gasteiger partial charge in [0.2, 0.25) is 0 Å². The number of hydrogen-bond acceptors (Lipinski definition) is 0. The molecule has 15 heavy (non-hydrogen) atoms. The van der Waals surface area contributed by atoms with Crippen molar-refractivity contribution in [3.05, 3.63) is 34.1 Å². The van der Waals surface area contributed by atoms with Crippen molar-refractivity contribution in [1.29, 1.82) is 0 Å². The molecule has 1 saturated carbocycles. The molecule has 0 aliphatic heterocycles. The van der Waals surface area contributed by atoms with Gasteiger partial charge in [-0.1, -0.05) is 22.0 Å². The highest BCUT2D eigenvalue weighted by molar-refractivity contribution is 9.10. The summed E-state index contributed by atoms with van der Waals surface area (Å²) in [7, 11) is 0. The molecule has 0 saturated heterocycles. The maximum Gasteiger partial charge on any atom is 0.137 e. The Bertz CT molecular complexity index is 351. The molecule has 0 radical (unpaired) electrons. The monoisotopic (exact) mass is 334 g/mol. The van der Waals surface area contributed by atoms with Crippen molar-refractivity contribution in [3.8, 4) is 0 Å². The van der Waals surface area contributed by atoms with Crippen LogP contribution in [0.4, 0.5) is 4.39 Å². The van der Waals surface area contributed by atoms with Gasteiger partial charge in [0.15, 0.2) is 0 Å². The van der Waals surface area contributed by atoms with Crippen LogP contribution in [0, 0.1) is 11.7 Å². The van der Waals surface area contributed by atoms with Crippen molar-refractivity contribution in [3.63, 3.8) is 0 Å². The number of rotatable bonds is 2. The third kappa shape index (κ3) is 3.04. The molecule has 3 heteroatoms. The van der Waals surface area contributed by atoms with E-state index in [1.165, 1.54) is 24.8 Å². The Labute approximate surface area is 107 Å². The Morgan fingerprint density at radius 2 is 2.13 bits per heavy atom. The van der Waals surface area contributed by atoms with E-state index in [2.05, 4.69) is 31.9 Å². The van der Waals surface area contributed by atoms with Gasteiger partial charge < -0.3 is 0 Å². The predicted octanol–water partition coefficient (Wildman–Crippen LogP) is 4.69. The van der Waals surface area contributed by atoms with Gasteiger partial charge >= 0.3 is 0 Å². The molecule has 0 nitrogen and oxygen atoms in total. The summed E-state index contributed by atoms with van der Waals surface area (Å²) in [4.78, 5) is 0.686. The number of hydrogen-bond donors (Lipinski definition) is 0. The van der Waals surface area contributed by atoms with Gasteiger partial charge in [-0.2, -0.15) is 0 Å². The summed E-state index contributed by atoms with van der Waals surface area (Å²) in [5.41, 5.74) is 1.23. The number of benzene rings is 1. The van der Waals surface area contributed by atoms with Crippen LogP contribution in [-0.2, 0) is 6.42 Å². The summed E-state index contributed by atoms with van der Waals surface area (Å²) in [6.45, 7) is 0. The average Bonchev–Trinajstić information content (AvgIpc) is 2.58. The van der Waals surface area contributed by atoms with E-state index in [1.807, 2.05) is 12.1 Å². The molecule has 0 amide bonds. The van der Waals surface area contributed by atoms with Crippen molar-refractivity contribution in [2.75, 3.05) is 0 Å². The lowest BCUT2D eigenvalue weighted by molar-refractivity contribution is 0.546. The van der Waals surface area contributed by atoms with E-state index in [4.69, 9.17) is 0 Å². The van der Waals surface area contributed by atoms with Gasteiger partial charge in [-0.25, -0.2) is 4.39 Å². The van der Waals surface area contributed by atoms with Crippen molar-refractivity contribution < 1.29 is 4.39 Å². The van der Waals surface area contributed by atoms with Gasteiger partial charge in [0.1, 0.15) is 5.82 Å². The molecule has 2 atom stereocenters. The van der Waals surface area contributed by atoms with Gasteiger partial charge in [0, 0.05) is 4.83 Å². The first-order valence-corrected chi connectivity index (χ1v) is 6.94. The first kappa shape index (κ1) is 11.6. The summed E-state index contributed by atoms with van der Waals surface area (Å²) in [5.74, 6) is 0.579. The summed E-state index contributed by atoms with van der Waals surface area (Å²) < 4.78 is 13.6. The Morgan fingerprint density at radius 1 is 1.33 bits per heavy atom. The first-order valence-electron chi connectivity index (χ1n) is 5.23. The Hall–Kier alpha value is 0.110. The SMILES string of the molecule is Fc1ccc(CC2CCC(Br)C2)cc1Br.